The molecule has 2 aromatic rings. The molecule has 0 atom stereocenters. The van der Waals surface area contributed by atoms with Gasteiger partial charge in [-0.1, -0.05) is 23.8 Å². The van der Waals surface area contributed by atoms with Crippen molar-refractivity contribution in [3.63, 3.8) is 0 Å². The Morgan fingerprint density at radius 3 is 2.75 bits per heavy atom. The second kappa shape index (κ2) is 7.53. The molecule has 0 aliphatic rings. The minimum Gasteiger partial charge on any atom is -0.497 e. The quantitative estimate of drug-likeness (QED) is 0.830. The lowest BCUT2D eigenvalue weighted by Gasteiger charge is -2.19. The topological polar surface area (TPSA) is 60.5 Å². The van der Waals surface area contributed by atoms with Gasteiger partial charge in [-0.15, -0.1) is 0 Å². The van der Waals surface area contributed by atoms with Gasteiger partial charge in [0.25, 0.3) is 0 Å². The SMILES string of the molecule is COc1ccc2nc(Cl)c(C=CCNC(=O)OC(C)(C)C)cc2c1. The van der Waals surface area contributed by atoms with Gasteiger partial charge in [-0.05, 0) is 45.0 Å². The first-order chi connectivity index (χ1) is 11.3. The van der Waals surface area contributed by atoms with Gasteiger partial charge in [0.2, 0.25) is 0 Å². The zero-order chi connectivity index (χ0) is 17.7. The second-order valence-electron chi connectivity index (χ2n) is 6.21. The van der Waals surface area contributed by atoms with E-state index in [-0.39, 0.29) is 0 Å². The van der Waals surface area contributed by atoms with Crippen LogP contribution < -0.4 is 10.1 Å². The smallest absolute Gasteiger partial charge is 0.407 e. The van der Waals surface area contributed by atoms with Gasteiger partial charge in [-0.3, -0.25) is 0 Å². The monoisotopic (exact) mass is 348 g/mol. The summed E-state index contributed by atoms with van der Waals surface area (Å²) in [5.74, 6) is 0.758. The van der Waals surface area contributed by atoms with E-state index in [1.807, 2.05) is 51.1 Å². The van der Waals surface area contributed by atoms with Gasteiger partial charge in [0, 0.05) is 17.5 Å². The van der Waals surface area contributed by atoms with Crippen LogP contribution in [0.4, 0.5) is 4.79 Å². The molecule has 5 nitrogen and oxygen atoms in total. The number of nitrogens with zero attached hydrogens (tertiary/aromatic N) is 1. The minimum atomic E-state index is -0.515. The van der Waals surface area contributed by atoms with Crippen LogP contribution in [-0.4, -0.2) is 30.3 Å². The van der Waals surface area contributed by atoms with Crippen LogP contribution in [0.15, 0.2) is 30.3 Å². The fourth-order valence-corrected chi connectivity index (χ4v) is 2.24. The highest BCUT2D eigenvalue weighted by molar-refractivity contribution is 6.31. The van der Waals surface area contributed by atoms with Gasteiger partial charge in [-0.25, -0.2) is 9.78 Å². The third kappa shape index (κ3) is 5.13. The van der Waals surface area contributed by atoms with E-state index in [1.54, 1.807) is 13.2 Å². The van der Waals surface area contributed by atoms with E-state index in [0.29, 0.717) is 11.7 Å². The summed E-state index contributed by atoms with van der Waals surface area (Å²) in [6, 6.07) is 7.52. The van der Waals surface area contributed by atoms with Crippen LogP contribution in [0, 0.1) is 0 Å². The number of nitrogens with one attached hydrogen (secondary N) is 1. The molecule has 2 rings (SSSR count). The van der Waals surface area contributed by atoms with Gasteiger partial charge in [-0.2, -0.15) is 0 Å². The number of hydrogen-bond donors (Lipinski definition) is 1. The molecule has 1 amide bonds. The van der Waals surface area contributed by atoms with E-state index in [4.69, 9.17) is 21.1 Å². The number of rotatable bonds is 4. The lowest BCUT2D eigenvalue weighted by atomic mass is 10.1. The molecule has 0 fully saturated rings. The molecule has 128 valence electrons. The molecule has 0 unspecified atom stereocenters. The standard InChI is InChI=1S/C18H21ClN2O3/c1-18(2,3)24-17(22)20-9-5-6-12-10-13-11-14(23-4)7-8-15(13)21-16(12)19/h5-8,10-11H,9H2,1-4H3,(H,20,22). The Morgan fingerprint density at radius 2 is 2.08 bits per heavy atom. The summed E-state index contributed by atoms with van der Waals surface area (Å²) < 4.78 is 10.4. The maximum atomic E-state index is 11.6. The zero-order valence-corrected chi connectivity index (χ0v) is 15.0. The van der Waals surface area contributed by atoms with Crippen LogP contribution in [0.5, 0.6) is 5.75 Å². The normalized spacial score (nSPS) is 11.7. The fraction of sp³-hybridized carbons (Fsp3) is 0.333. The van der Waals surface area contributed by atoms with Crippen LogP contribution in [0.25, 0.3) is 17.0 Å². The van der Waals surface area contributed by atoms with E-state index in [2.05, 4.69) is 10.3 Å². The van der Waals surface area contributed by atoms with Gasteiger partial charge in [0.1, 0.15) is 16.5 Å². The summed E-state index contributed by atoms with van der Waals surface area (Å²) in [6.07, 6.45) is 3.14. The molecule has 1 N–H and O–H groups in total. The van der Waals surface area contributed by atoms with Gasteiger partial charge < -0.3 is 14.8 Å². The number of pyridine rings is 1. The molecule has 1 aromatic carbocycles. The average Bonchev–Trinajstić information content (AvgIpc) is 2.49. The van der Waals surface area contributed by atoms with Crippen molar-refractivity contribution in [1.29, 1.82) is 0 Å². The molecule has 1 aromatic heterocycles. The maximum Gasteiger partial charge on any atom is 0.407 e. The number of carbonyl (C=O) groups is 1. The molecule has 0 bridgehead atoms. The Hall–Kier alpha value is -2.27. The Bertz CT molecular complexity index is 767. The second-order valence-corrected chi connectivity index (χ2v) is 6.57. The van der Waals surface area contributed by atoms with E-state index in [0.717, 1.165) is 22.2 Å². The van der Waals surface area contributed by atoms with E-state index in [1.165, 1.54) is 0 Å². The molecular formula is C18H21ClN2O3. The maximum absolute atomic E-state index is 11.6. The minimum absolute atomic E-state index is 0.335. The number of halogens is 1. The number of carbonyl (C=O) groups excluding carboxylic acids is 1. The molecule has 0 aliphatic heterocycles. The zero-order valence-electron chi connectivity index (χ0n) is 14.2. The van der Waals surface area contributed by atoms with E-state index >= 15 is 0 Å². The number of alkyl carbamates (subject to hydrolysis) is 1. The van der Waals surface area contributed by atoms with E-state index in [9.17, 15) is 4.79 Å². The van der Waals surface area contributed by atoms with Gasteiger partial charge >= 0.3 is 6.09 Å². The number of amides is 1. The molecule has 0 radical (unpaired) electrons. The van der Waals surface area contributed by atoms with Crippen molar-refractivity contribution in [1.82, 2.24) is 10.3 Å². The van der Waals surface area contributed by atoms with Gasteiger partial charge in [0.05, 0.1) is 12.6 Å². The highest BCUT2D eigenvalue weighted by Gasteiger charge is 2.15. The first kappa shape index (κ1) is 18.1. The molecule has 0 saturated carbocycles. The van der Waals surface area contributed by atoms with Gasteiger partial charge in [0.15, 0.2) is 0 Å². The first-order valence-electron chi connectivity index (χ1n) is 7.56. The number of hydrogen-bond acceptors (Lipinski definition) is 4. The number of ether oxygens (including phenoxy) is 2. The van der Waals surface area contributed by atoms with E-state index < -0.39 is 11.7 Å². The summed E-state index contributed by atoms with van der Waals surface area (Å²) in [6.45, 7) is 5.78. The average molecular weight is 349 g/mol. The number of benzene rings is 1. The number of methoxy groups -OCH3 is 1. The predicted octanol–water partition coefficient (Wildman–Crippen LogP) is 4.43. The Kier molecular flexibility index (Phi) is 5.67. The van der Waals surface area contributed by atoms with Crippen molar-refractivity contribution in [2.75, 3.05) is 13.7 Å². The molecule has 6 heteroatoms. The Labute approximate surface area is 146 Å². The first-order valence-corrected chi connectivity index (χ1v) is 7.94. The predicted molar refractivity (Wildman–Crippen MR) is 96.6 cm³/mol. The van der Waals surface area contributed by atoms with Crippen molar-refractivity contribution in [3.8, 4) is 5.75 Å². The molecule has 0 saturated heterocycles. The molecule has 24 heavy (non-hydrogen) atoms. The molecular weight excluding hydrogens is 328 g/mol. The third-order valence-corrected chi connectivity index (χ3v) is 3.37. The molecule has 0 spiro atoms. The van der Waals surface area contributed by atoms with Crippen molar-refractivity contribution in [2.45, 2.75) is 26.4 Å². The third-order valence-electron chi connectivity index (χ3n) is 3.06. The number of fused-ring (bicyclic) bond motifs is 1. The highest BCUT2D eigenvalue weighted by atomic mass is 35.5. The summed E-state index contributed by atoms with van der Waals surface area (Å²) >= 11 is 6.20. The molecule has 0 aliphatic carbocycles. The summed E-state index contributed by atoms with van der Waals surface area (Å²) in [5, 5.41) is 3.99. The summed E-state index contributed by atoms with van der Waals surface area (Å²) in [7, 11) is 1.62. The fourth-order valence-electron chi connectivity index (χ4n) is 2.03. The largest absolute Gasteiger partial charge is 0.497 e. The van der Waals surface area contributed by atoms with Crippen molar-refractivity contribution < 1.29 is 14.3 Å². The lowest BCUT2D eigenvalue weighted by Crippen LogP contribution is -2.32. The lowest BCUT2D eigenvalue weighted by molar-refractivity contribution is 0.0534. The highest BCUT2D eigenvalue weighted by Crippen LogP contribution is 2.25. The Morgan fingerprint density at radius 1 is 1.33 bits per heavy atom. The van der Waals surface area contributed by atoms with Crippen LogP contribution in [0.2, 0.25) is 5.15 Å². The van der Waals surface area contributed by atoms with Crippen LogP contribution in [0.3, 0.4) is 0 Å². The van der Waals surface area contributed by atoms with Crippen molar-refractivity contribution >= 4 is 34.7 Å². The van der Waals surface area contributed by atoms with Crippen molar-refractivity contribution in [3.05, 3.63) is 41.1 Å². The van der Waals surface area contributed by atoms with Crippen molar-refractivity contribution in [2.24, 2.45) is 0 Å². The van der Waals surface area contributed by atoms with Crippen LogP contribution >= 0.6 is 11.6 Å². The summed E-state index contributed by atoms with van der Waals surface area (Å²) in [4.78, 5) is 15.9. The van der Waals surface area contributed by atoms with Crippen LogP contribution in [-0.2, 0) is 4.74 Å². The Balaban J connectivity index is 2.06. The number of aromatic nitrogens is 1. The van der Waals surface area contributed by atoms with Crippen LogP contribution in [0.1, 0.15) is 26.3 Å². The molecule has 1 heterocycles. The summed E-state index contributed by atoms with van der Waals surface area (Å²) in [5.41, 5.74) is 1.05.